The molecule has 0 amide bonds. The van der Waals surface area contributed by atoms with Gasteiger partial charge in [-0.05, 0) is 45.4 Å². The molecule has 3 N–H and O–H groups in total. The lowest BCUT2D eigenvalue weighted by Gasteiger charge is -2.28. The molecule has 2 unspecified atom stereocenters. The van der Waals surface area contributed by atoms with E-state index in [0.29, 0.717) is 6.17 Å². The fourth-order valence-corrected chi connectivity index (χ4v) is 3.31. The third-order valence-corrected chi connectivity index (χ3v) is 4.85. The summed E-state index contributed by atoms with van der Waals surface area (Å²) in [6.07, 6.45) is 26.8. The van der Waals surface area contributed by atoms with Crippen molar-refractivity contribution in [2.75, 3.05) is 0 Å². The minimum absolute atomic E-state index is 0.0990. The van der Waals surface area contributed by atoms with Gasteiger partial charge in [0.2, 0.25) is 0 Å². The SMILES string of the molecule is CCCCC/C=C/CCCCCCCCCC1NC=CN1C(C)N. The first kappa shape index (κ1) is 21.1. The maximum Gasteiger partial charge on any atom is 0.0995 e. The highest BCUT2D eigenvalue weighted by molar-refractivity contribution is 4.95. The van der Waals surface area contributed by atoms with E-state index >= 15 is 0 Å². The van der Waals surface area contributed by atoms with Crippen LogP contribution in [0.15, 0.2) is 24.6 Å². The molecule has 0 bridgehead atoms. The second kappa shape index (κ2) is 14.4. The third kappa shape index (κ3) is 10.0. The predicted molar refractivity (Wildman–Crippen MR) is 106 cm³/mol. The highest BCUT2D eigenvalue weighted by Crippen LogP contribution is 2.15. The topological polar surface area (TPSA) is 41.3 Å². The number of rotatable bonds is 15. The zero-order chi connectivity index (χ0) is 17.5. The average Bonchev–Trinajstić information content (AvgIpc) is 3.04. The van der Waals surface area contributed by atoms with E-state index in [4.69, 9.17) is 5.73 Å². The maximum absolute atomic E-state index is 5.97. The molecule has 1 heterocycles. The maximum atomic E-state index is 5.97. The summed E-state index contributed by atoms with van der Waals surface area (Å²) >= 11 is 0. The number of nitrogens with one attached hydrogen (secondary N) is 1. The van der Waals surface area contributed by atoms with Gasteiger partial charge in [0.1, 0.15) is 0 Å². The molecule has 0 aromatic carbocycles. The van der Waals surface area contributed by atoms with E-state index in [0.717, 1.165) is 0 Å². The van der Waals surface area contributed by atoms with Crippen LogP contribution in [0.3, 0.4) is 0 Å². The Bertz CT molecular complexity index is 336. The van der Waals surface area contributed by atoms with Crippen LogP contribution in [0.25, 0.3) is 0 Å². The Morgan fingerprint density at radius 2 is 1.54 bits per heavy atom. The monoisotopic (exact) mass is 335 g/mol. The van der Waals surface area contributed by atoms with Crippen molar-refractivity contribution in [2.45, 2.75) is 110 Å². The van der Waals surface area contributed by atoms with E-state index < -0.39 is 0 Å². The molecule has 0 radical (unpaired) electrons. The molecular weight excluding hydrogens is 294 g/mol. The van der Waals surface area contributed by atoms with E-state index in [1.54, 1.807) is 0 Å². The van der Waals surface area contributed by atoms with Crippen molar-refractivity contribution >= 4 is 0 Å². The predicted octanol–water partition coefficient (Wildman–Crippen LogP) is 5.64. The van der Waals surface area contributed by atoms with Crippen LogP contribution in [-0.4, -0.2) is 17.2 Å². The van der Waals surface area contributed by atoms with Crippen LogP contribution >= 0.6 is 0 Å². The van der Waals surface area contributed by atoms with Crippen molar-refractivity contribution in [2.24, 2.45) is 5.73 Å². The highest BCUT2D eigenvalue weighted by atomic mass is 15.3. The molecule has 0 saturated carbocycles. The summed E-state index contributed by atoms with van der Waals surface area (Å²) in [5.74, 6) is 0. The van der Waals surface area contributed by atoms with Gasteiger partial charge >= 0.3 is 0 Å². The van der Waals surface area contributed by atoms with E-state index in [-0.39, 0.29) is 6.17 Å². The van der Waals surface area contributed by atoms with E-state index in [2.05, 4.69) is 35.5 Å². The summed E-state index contributed by atoms with van der Waals surface area (Å²) in [6, 6.07) is 0. The summed E-state index contributed by atoms with van der Waals surface area (Å²) in [4.78, 5) is 2.22. The second-order valence-corrected chi connectivity index (χ2v) is 7.21. The van der Waals surface area contributed by atoms with Crippen molar-refractivity contribution in [1.82, 2.24) is 10.2 Å². The summed E-state index contributed by atoms with van der Waals surface area (Å²) in [5, 5.41) is 3.39. The quantitative estimate of drug-likeness (QED) is 0.300. The van der Waals surface area contributed by atoms with Crippen molar-refractivity contribution in [3.8, 4) is 0 Å². The van der Waals surface area contributed by atoms with Crippen LogP contribution < -0.4 is 11.1 Å². The van der Waals surface area contributed by atoms with E-state index in [1.807, 2.05) is 13.1 Å². The minimum Gasteiger partial charge on any atom is -0.370 e. The molecule has 0 saturated heterocycles. The minimum atomic E-state index is 0.0990. The Kier molecular flexibility index (Phi) is 12.6. The van der Waals surface area contributed by atoms with Crippen LogP contribution in [0.2, 0.25) is 0 Å². The average molecular weight is 336 g/mol. The molecule has 3 nitrogen and oxygen atoms in total. The van der Waals surface area contributed by atoms with Crippen LogP contribution in [0.5, 0.6) is 0 Å². The largest absolute Gasteiger partial charge is 0.370 e. The Hall–Kier alpha value is -0.960. The second-order valence-electron chi connectivity index (χ2n) is 7.21. The summed E-state index contributed by atoms with van der Waals surface area (Å²) in [5.41, 5.74) is 5.97. The van der Waals surface area contributed by atoms with Crippen LogP contribution in [0, 0.1) is 0 Å². The third-order valence-electron chi connectivity index (χ3n) is 4.85. The van der Waals surface area contributed by atoms with Crippen molar-refractivity contribution < 1.29 is 0 Å². The first-order valence-corrected chi connectivity index (χ1v) is 10.4. The molecule has 2 atom stereocenters. The lowest BCUT2D eigenvalue weighted by molar-refractivity contribution is 0.208. The van der Waals surface area contributed by atoms with Crippen LogP contribution in [0.4, 0.5) is 0 Å². The first-order valence-electron chi connectivity index (χ1n) is 10.4. The fraction of sp³-hybridized carbons (Fsp3) is 0.810. The number of hydrogen-bond acceptors (Lipinski definition) is 3. The molecule has 24 heavy (non-hydrogen) atoms. The van der Waals surface area contributed by atoms with Gasteiger partial charge in [-0.25, -0.2) is 0 Å². The number of hydrogen-bond donors (Lipinski definition) is 2. The number of nitrogens with zero attached hydrogens (tertiary/aromatic N) is 1. The normalized spacial score (nSPS) is 18.5. The van der Waals surface area contributed by atoms with Gasteiger partial charge in [0, 0.05) is 12.4 Å². The first-order chi connectivity index (χ1) is 11.8. The Labute approximate surface area is 150 Å². The smallest absolute Gasteiger partial charge is 0.0995 e. The van der Waals surface area contributed by atoms with Gasteiger partial charge in [0.25, 0.3) is 0 Å². The molecule has 0 spiro atoms. The van der Waals surface area contributed by atoms with Crippen molar-refractivity contribution in [3.05, 3.63) is 24.6 Å². The fourth-order valence-electron chi connectivity index (χ4n) is 3.31. The van der Waals surface area contributed by atoms with Gasteiger partial charge in [0.15, 0.2) is 0 Å². The van der Waals surface area contributed by atoms with Gasteiger partial charge in [-0.3, -0.25) is 0 Å². The lowest BCUT2D eigenvalue weighted by Crippen LogP contribution is -2.44. The van der Waals surface area contributed by atoms with Crippen molar-refractivity contribution in [1.29, 1.82) is 0 Å². The van der Waals surface area contributed by atoms with Gasteiger partial charge in [0.05, 0.1) is 12.3 Å². The lowest BCUT2D eigenvalue weighted by atomic mass is 10.1. The number of allylic oxidation sites excluding steroid dienone is 2. The zero-order valence-corrected chi connectivity index (χ0v) is 16.2. The van der Waals surface area contributed by atoms with Gasteiger partial charge in [-0.1, -0.05) is 64.0 Å². The molecule has 0 fully saturated rings. The molecule has 140 valence electrons. The van der Waals surface area contributed by atoms with Crippen LogP contribution in [-0.2, 0) is 0 Å². The molecule has 0 aliphatic carbocycles. The molecule has 3 heteroatoms. The van der Waals surface area contributed by atoms with Crippen molar-refractivity contribution in [3.63, 3.8) is 0 Å². The summed E-state index contributed by atoms with van der Waals surface area (Å²) in [7, 11) is 0. The number of nitrogens with two attached hydrogens (primary N) is 1. The van der Waals surface area contributed by atoms with E-state index in [1.165, 1.54) is 83.5 Å². The molecular formula is C21H41N3. The Morgan fingerprint density at radius 3 is 2.17 bits per heavy atom. The Balaban J connectivity index is 1.82. The molecule has 0 aromatic rings. The van der Waals surface area contributed by atoms with E-state index in [9.17, 15) is 0 Å². The molecule has 1 aliphatic heterocycles. The van der Waals surface area contributed by atoms with Gasteiger partial charge in [-0.2, -0.15) is 0 Å². The standard InChI is InChI=1S/C21H41N3/c1-3-4-5-6-7-8-9-10-11-12-13-14-15-16-17-21-23-18-19-24(21)20(2)22/h7-8,18-21,23H,3-6,9-17,22H2,1-2H3/b8-7+. The highest BCUT2D eigenvalue weighted by Gasteiger charge is 2.20. The van der Waals surface area contributed by atoms with Crippen LogP contribution in [0.1, 0.15) is 97.3 Å². The van der Waals surface area contributed by atoms with Gasteiger partial charge < -0.3 is 16.0 Å². The molecule has 1 rings (SSSR count). The summed E-state index contributed by atoms with van der Waals surface area (Å²) in [6.45, 7) is 4.31. The molecule has 1 aliphatic rings. The summed E-state index contributed by atoms with van der Waals surface area (Å²) < 4.78 is 0. The molecule has 0 aromatic heterocycles. The zero-order valence-electron chi connectivity index (χ0n) is 16.2. The Morgan fingerprint density at radius 1 is 0.958 bits per heavy atom. The number of unbranched alkanes of at least 4 members (excludes halogenated alkanes) is 10. The van der Waals surface area contributed by atoms with Gasteiger partial charge in [-0.15, -0.1) is 0 Å².